The fourth-order valence-electron chi connectivity index (χ4n) is 3.24. The number of nitrogens with one attached hydrogen (secondary N) is 1. The Labute approximate surface area is 169 Å². The van der Waals surface area contributed by atoms with Crippen molar-refractivity contribution in [2.75, 3.05) is 33.2 Å². The highest BCUT2D eigenvalue weighted by molar-refractivity contribution is 5.95. The average Bonchev–Trinajstić information content (AvgIpc) is 2.72. The summed E-state index contributed by atoms with van der Waals surface area (Å²) >= 11 is 0. The lowest BCUT2D eigenvalue weighted by Crippen LogP contribution is -2.47. The van der Waals surface area contributed by atoms with E-state index in [-0.39, 0.29) is 17.5 Å². The zero-order valence-corrected chi connectivity index (χ0v) is 16.6. The first-order valence-corrected chi connectivity index (χ1v) is 9.45. The summed E-state index contributed by atoms with van der Waals surface area (Å²) in [5, 5.41) is 13.7. The molecule has 1 fully saturated rings. The fraction of sp³-hybridized carbons (Fsp3) is 0.333. The second-order valence-corrected chi connectivity index (χ2v) is 7.23. The first kappa shape index (κ1) is 20.5. The van der Waals surface area contributed by atoms with Gasteiger partial charge in [0.1, 0.15) is 0 Å². The molecule has 0 aliphatic carbocycles. The molecule has 1 N–H and O–H groups in total. The lowest BCUT2D eigenvalue weighted by atomic mass is 10.1. The maximum Gasteiger partial charge on any atom is 0.272 e. The quantitative estimate of drug-likeness (QED) is 0.618. The summed E-state index contributed by atoms with van der Waals surface area (Å²) < 4.78 is 0. The van der Waals surface area contributed by atoms with Gasteiger partial charge in [0.15, 0.2) is 0 Å². The Kier molecular flexibility index (Phi) is 6.23. The minimum atomic E-state index is -0.470. The van der Waals surface area contributed by atoms with E-state index < -0.39 is 4.92 Å². The van der Waals surface area contributed by atoms with Crippen LogP contribution in [-0.4, -0.2) is 59.8 Å². The number of aryl methyl sites for hydroxylation is 1. The van der Waals surface area contributed by atoms with Crippen molar-refractivity contribution in [2.24, 2.45) is 0 Å². The van der Waals surface area contributed by atoms with Gasteiger partial charge in [-0.3, -0.25) is 19.7 Å². The molecule has 8 nitrogen and oxygen atoms in total. The van der Waals surface area contributed by atoms with Crippen LogP contribution in [0.4, 0.5) is 5.69 Å². The van der Waals surface area contributed by atoms with Crippen molar-refractivity contribution in [3.63, 3.8) is 0 Å². The van der Waals surface area contributed by atoms with Crippen LogP contribution < -0.4 is 5.32 Å². The van der Waals surface area contributed by atoms with Gasteiger partial charge in [0.25, 0.3) is 17.5 Å². The molecule has 0 bridgehead atoms. The van der Waals surface area contributed by atoms with Gasteiger partial charge in [-0.05, 0) is 43.8 Å². The number of hydrogen-bond donors (Lipinski definition) is 1. The van der Waals surface area contributed by atoms with Gasteiger partial charge in [-0.15, -0.1) is 0 Å². The van der Waals surface area contributed by atoms with E-state index in [0.29, 0.717) is 23.2 Å². The monoisotopic (exact) mass is 396 g/mol. The van der Waals surface area contributed by atoms with Crippen molar-refractivity contribution in [2.45, 2.75) is 13.5 Å². The summed E-state index contributed by atoms with van der Waals surface area (Å²) in [7, 11) is 2.04. The summed E-state index contributed by atoms with van der Waals surface area (Å²) in [5.74, 6) is -0.282. The molecule has 152 valence electrons. The number of rotatable bonds is 5. The Balaban J connectivity index is 1.57. The SMILES string of the molecule is Cc1cc(C(=O)NCc2ccc(C(=O)N3CCN(C)CC3)cc2)ccc1[N+](=O)[O-]. The number of piperazine rings is 1. The van der Waals surface area contributed by atoms with E-state index in [1.807, 2.05) is 24.1 Å². The van der Waals surface area contributed by atoms with Gasteiger partial charge < -0.3 is 15.1 Å². The Morgan fingerprint density at radius 3 is 2.24 bits per heavy atom. The first-order valence-electron chi connectivity index (χ1n) is 9.45. The van der Waals surface area contributed by atoms with Gasteiger partial charge in [0.05, 0.1) is 4.92 Å². The second kappa shape index (κ2) is 8.83. The van der Waals surface area contributed by atoms with Crippen LogP contribution in [0.1, 0.15) is 31.8 Å². The zero-order valence-electron chi connectivity index (χ0n) is 16.6. The molecule has 0 unspecified atom stereocenters. The standard InChI is InChI=1S/C21H24N4O4/c1-15-13-18(7-8-19(15)25(28)29)20(26)22-14-16-3-5-17(6-4-16)21(27)24-11-9-23(2)10-12-24/h3-8,13H,9-12,14H2,1-2H3,(H,22,26). The van der Waals surface area contributed by atoms with E-state index in [1.54, 1.807) is 19.1 Å². The summed E-state index contributed by atoms with van der Waals surface area (Å²) in [6.45, 7) is 5.10. The maximum absolute atomic E-state index is 12.6. The van der Waals surface area contributed by atoms with Crippen LogP contribution in [0.2, 0.25) is 0 Å². The highest BCUT2D eigenvalue weighted by atomic mass is 16.6. The number of benzene rings is 2. The van der Waals surface area contributed by atoms with E-state index in [9.17, 15) is 19.7 Å². The molecule has 1 aliphatic heterocycles. The van der Waals surface area contributed by atoms with Crippen LogP contribution in [0.15, 0.2) is 42.5 Å². The van der Waals surface area contributed by atoms with Gasteiger partial charge in [0.2, 0.25) is 0 Å². The molecule has 2 amide bonds. The number of amides is 2. The molecule has 29 heavy (non-hydrogen) atoms. The molecule has 0 aromatic heterocycles. The lowest BCUT2D eigenvalue weighted by molar-refractivity contribution is -0.385. The molecule has 0 radical (unpaired) electrons. The van der Waals surface area contributed by atoms with E-state index in [2.05, 4.69) is 10.2 Å². The van der Waals surface area contributed by atoms with Crippen molar-refractivity contribution in [1.82, 2.24) is 15.1 Å². The third-order valence-corrected chi connectivity index (χ3v) is 5.10. The van der Waals surface area contributed by atoms with E-state index in [1.165, 1.54) is 18.2 Å². The van der Waals surface area contributed by atoms with Gasteiger partial charge in [0, 0.05) is 55.5 Å². The maximum atomic E-state index is 12.6. The third-order valence-electron chi connectivity index (χ3n) is 5.10. The van der Waals surface area contributed by atoms with E-state index in [0.717, 1.165) is 31.7 Å². The van der Waals surface area contributed by atoms with Crippen LogP contribution in [0.25, 0.3) is 0 Å². The van der Waals surface area contributed by atoms with Gasteiger partial charge >= 0.3 is 0 Å². The largest absolute Gasteiger partial charge is 0.348 e. The van der Waals surface area contributed by atoms with Crippen LogP contribution >= 0.6 is 0 Å². The Morgan fingerprint density at radius 2 is 1.66 bits per heavy atom. The van der Waals surface area contributed by atoms with Gasteiger partial charge in [-0.25, -0.2) is 0 Å². The minimum Gasteiger partial charge on any atom is -0.348 e. The fourth-order valence-corrected chi connectivity index (χ4v) is 3.24. The molecule has 1 heterocycles. The first-order chi connectivity index (χ1) is 13.8. The summed E-state index contributed by atoms with van der Waals surface area (Å²) in [6.07, 6.45) is 0. The topological polar surface area (TPSA) is 95.8 Å². The molecule has 0 spiro atoms. The molecule has 3 rings (SSSR count). The third kappa shape index (κ3) is 4.97. The summed E-state index contributed by atoms with van der Waals surface area (Å²) in [5.41, 5.74) is 2.30. The van der Waals surface area contributed by atoms with E-state index >= 15 is 0 Å². The Morgan fingerprint density at radius 1 is 1.03 bits per heavy atom. The van der Waals surface area contributed by atoms with Gasteiger partial charge in [-0.1, -0.05) is 12.1 Å². The van der Waals surface area contributed by atoms with Crippen LogP contribution in [-0.2, 0) is 6.54 Å². The number of nitro benzene ring substituents is 1. The van der Waals surface area contributed by atoms with Crippen LogP contribution in [0.3, 0.4) is 0 Å². The molecular weight excluding hydrogens is 372 g/mol. The lowest BCUT2D eigenvalue weighted by Gasteiger charge is -2.32. The molecule has 0 saturated carbocycles. The molecule has 1 saturated heterocycles. The minimum absolute atomic E-state index is 0.0119. The van der Waals surface area contributed by atoms with E-state index in [4.69, 9.17) is 0 Å². The summed E-state index contributed by atoms with van der Waals surface area (Å²) in [6, 6.07) is 11.5. The van der Waals surface area contributed by atoms with Crippen molar-refractivity contribution in [3.05, 3.63) is 74.8 Å². The van der Waals surface area contributed by atoms with Crippen molar-refractivity contribution in [1.29, 1.82) is 0 Å². The molecule has 8 heteroatoms. The molecule has 1 aliphatic rings. The zero-order chi connectivity index (χ0) is 21.0. The Bertz CT molecular complexity index is 919. The van der Waals surface area contributed by atoms with Crippen molar-refractivity contribution >= 4 is 17.5 Å². The molecular formula is C21H24N4O4. The van der Waals surface area contributed by atoms with Gasteiger partial charge in [-0.2, -0.15) is 0 Å². The van der Waals surface area contributed by atoms with Crippen molar-refractivity contribution in [3.8, 4) is 0 Å². The number of carbonyl (C=O) groups is 2. The van der Waals surface area contributed by atoms with Crippen LogP contribution in [0.5, 0.6) is 0 Å². The number of likely N-dealkylation sites (N-methyl/N-ethyl adjacent to an activating group) is 1. The molecule has 0 atom stereocenters. The van der Waals surface area contributed by atoms with Crippen LogP contribution in [0, 0.1) is 17.0 Å². The second-order valence-electron chi connectivity index (χ2n) is 7.23. The molecule has 2 aromatic carbocycles. The highest BCUT2D eigenvalue weighted by Crippen LogP contribution is 2.19. The summed E-state index contributed by atoms with van der Waals surface area (Å²) in [4.78, 5) is 39.3. The smallest absolute Gasteiger partial charge is 0.272 e. The number of hydrogen-bond acceptors (Lipinski definition) is 5. The van der Waals surface area contributed by atoms with Crippen molar-refractivity contribution < 1.29 is 14.5 Å². The molecule has 2 aromatic rings. The normalized spacial score (nSPS) is 14.5. The highest BCUT2D eigenvalue weighted by Gasteiger charge is 2.20. The average molecular weight is 396 g/mol. The predicted octanol–water partition coefficient (Wildman–Crippen LogP) is 2.22. The number of carbonyl (C=O) groups excluding carboxylic acids is 2. The number of nitro groups is 1. The predicted molar refractivity (Wildman–Crippen MR) is 109 cm³/mol. The number of nitrogens with zero attached hydrogens (tertiary/aromatic N) is 3. The Hall–Kier alpha value is -3.26.